The molecule has 1 aliphatic heterocycles. The number of imide groups is 1. The number of nitrogens with one attached hydrogen (secondary N) is 1. The van der Waals surface area contributed by atoms with Crippen LogP contribution in [0.25, 0.3) is 0 Å². The summed E-state index contributed by atoms with van der Waals surface area (Å²) in [5.41, 5.74) is 1.84. The van der Waals surface area contributed by atoms with Gasteiger partial charge < -0.3 is 9.84 Å². The molecule has 0 aromatic heterocycles. The van der Waals surface area contributed by atoms with Crippen molar-refractivity contribution >= 4 is 39.3 Å². The first-order valence-electron chi connectivity index (χ1n) is 9.92. The van der Waals surface area contributed by atoms with E-state index in [-0.39, 0.29) is 40.0 Å². The summed E-state index contributed by atoms with van der Waals surface area (Å²) in [5.74, 6) is -3.06. The van der Waals surface area contributed by atoms with E-state index in [1.807, 2.05) is 6.08 Å². The maximum Gasteiger partial charge on any atom is 0.231 e. The molecule has 0 radical (unpaired) electrons. The monoisotopic (exact) mass is 483 g/mol. The number of ether oxygens (including phenoxy) is 1. The second-order valence-electron chi connectivity index (χ2n) is 8.17. The number of amides is 2. The average molecular weight is 484 g/mol. The molecule has 1 aromatic rings. The van der Waals surface area contributed by atoms with Crippen LogP contribution in [0.3, 0.4) is 0 Å². The van der Waals surface area contributed by atoms with Crippen LogP contribution in [0.2, 0.25) is 0 Å². The Hall–Kier alpha value is -3.00. The molecular formula is C23H18BrNO6. The van der Waals surface area contributed by atoms with Gasteiger partial charge >= 0.3 is 0 Å². The summed E-state index contributed by atoms with van der Waals surface area (Å²) in [5, 5.41) is 13.1. The van der Waals surface area contributed by atoms with Gasteiger partial charge in [-0.3, -0.25) is 24.5 Å². The summed E-state index contributed by atoms with van der Waals surface area (Å²) in [6, 6.07) is 4.73. The number of fused-ring (bicyclic) bond motifs is 3. The van der Waals surface area contributed by atoms with E-state index in [2.05, 4.69) is 21.2 Å². The maximum absolute atomic E-state index is 13.1. The van der Waals surface area contributed by atoms with Crippen molar-refractivity contribution in [1.82, 2.24) is 5.32 Å². The molecular weight excluding hydrogens is 466 g/mol. The first kappa shape index (κ1) is 19.9. The van der Waals surface area contributed by atoms with E-state index in [0.717, 1.165) is 5.57 Å². The van der Waals surface area contributed by atoms with Crippen LogP contribution in [0.5, 0.6) is 11.5 Å². The van der Waals surface area contributed by atoms with Gasteiger partial charge in [0.25, 0.3) is 0 Å². The Bertz CT molecular complexity index is 1180. The van der Waals surface area contributed by atoms with Crippen molar-refractivity contribution in [3.8, 4) is 11.5 Å². The van der Waals surface area contributed by atoms with Crippen molar-refractivity contribution in [3.05, 3.63) is 57.1 Å². The van der Waals surface area contributed by atoms with Gasteiger partial charge in [-0.25, -0.2) is 0 Å². The number of hydrogen-bond acceptors (Lipinski definition) is 6. The molecule has 7 nitrogen and oxygen atoms in total. The number of aromatic hydroxyl groups is 1. The van der Waals surface area contributed by atoms with E-state index in [1.54, 1.807) is 12.1 Å². The molecule has 0 spiro atoms. The first-order valence-corrected chi connectivity index (χ1v) is 10.7. The molecule has 8 heteroatoms. The molecule has 2 N–H and O–H groups in total. The van der Waals surface area contributed by atoms with Crippen LogP contribution in [0.1, 0.15) is 24.3 Å². The number of benzene rings is 1. The number of phenols is 1. The molecule has 0 saturated carbocycles. The van der Waals surface area contributed by atoms with Crippen molar-refractivity contribution in [3.63, 3.8) is 0 Å². The van der Waals surface area contributed by atoms with Crippen molar-refractivity contribution < 1.29 is 29.0 Å². The third-order valence-corrected chi connectivity index (χ3v) is 7.31. The van der Waals surface area contributed by atoms with Crippen molar-refractivity contribution in [2.24, 2.45) is 17.8 Å². The normalized spacial score (nSPS) is 29.6. The Morgan fingerprint density at radius 1 is 1.13 bits per heavy atom. The molecule has 2 amide bonds. The molecule has 1 fully saturated rings. The number of hydrogen-bond donors (Lipinski definition) is 2. The zero-order valence-electron chi connectivity index (χ0n) is 16.5. The summed E-state index contributed by atoms with van der Waals surface area (Å²) >= 11 is 3.17. The molecule has 1 heterocycles. The Morgan fingerprint density at radius 2 is 1.90 bits per heavy atom. The number of phenolic OH excluding ortho intramolecular Hbond substituents is 1. The topological polar surface area (TPSA) is 110 Å². The Labute approximate surface area is 186 Å². The average Bonchev–Trinajstić information content (AvgIpc) is 3.05. The van der Waals surface area contributed by atoms with Gasteiger partial charge in [-0.1, -0.05) is 11.6 Å². The lowest BCUT2D eigenvalue weighted by atomic mass is 9.59. The summed E-state index contributed by atoms with van der Waals surface area (Å²) in [6.45, 7) is 0. The molecule has 4 unspecified atom stereocenters. The lowest BCUT2D eigenvalue weighted by Gasteiger charge is -2.42. The van der Waals surface area contributed by atoms with Crippen molar-refractivity contribution in [1.29, 1.82) is 0 Å². The molecule has 0 bridgehead atoms. The van der Waals surface area contributed by atoms with Gasteiger partial charge in [-0.15, -0.1) is 0 Å². The first-order chi connectivity index (χ1) is 14.8. The molecule has 3 aliphatic carbocycles. The SMILES string of the molecule is COc1ccc(O)c(C2C3=CCC4C(=O)NC(=O)C4C3CC3=C2C(=O)C=C(Br)C3=O)c1. The predicted molar refractivity (Wildman–Crippen MR) is 112 cm³/mol. The molecule has 1 saturated heterocycles. The van der Waals surface area contributed by atoms with Crippen molar-refractivity contribution in [2.45, 2.75) is 18.8 Å². The van der Waals surface area contributed by atoms with Crippen molar-refractivity contribution in [2.75, 3.05) is 7.11 Å². The second kappa shape index (κ2) is 7.02. The van der Waals surface area contributed by atoms with E-state index in [9.17, 15) is 24.3 Å². The summed E-state index contributed by atoms with van der Waals surface area (Å²) in [6.07, 6.45) is 3.70. The third kappa shape index (κ3) is 2.85. The molecule has 5 rings (SSSR count). The molecule has 31 heavy (non-hydrogen) atoms. The minimum atomic E-state index is -0.707. The van der Waals surface area contributed by atoms with Gasteiger partial charge in [-0.2, -0.15) is 0 Å². The number of Topliss-reactive ketones (excluding diaryl/α,β-unsaturated/α-hetero) is 1. The summed E-state index contributed by atoms with van der Waals surface area (Å²) in [4.78, 5) is 51.0. The van der Waals surface area contributed by atoms with Crippen LogP contribution in [0.15, 0.2) is 51.6 Å². The Kier molecular flexibility index (Phi) is 4.51. The van der Waals surface area contributed by atoms with Gasteiger partial charge in [0, 0.05) is 28.7 Å². The van der Waals surface area contributed by atoms with E-state index in [1.165, 1.54) is 19.3 Å². The number of carbonyl (C=O) groups excluding carboxylic acids is 4. The number of halogens is 1. The quantitative estimate of drug-likeness (QED) is 0.379. The predicted octanol–water partition coefficient (Wildman–Crippen LogP) is 2.45. The van der Waals surface area contributed by atoms with Crippen LogP contribution < -0.4 is 10.1 Å². The largest absolute Gasteiger partial charge is 0.508 e. The zero-order chi connectivity index (χ0) is 22.0. The fraction of sp³-hybridized carbons (Fsp3) is 0.304. The summed E-state index contributed by atoms with van der Waals surface area (Å²) < 4.78 is 5.48. The number of ketones is 2. The van der Waals surface area contributed by atoms with E-state index < -0.39 is 23.7 Å². The lowest BCUT2D eigenvalue weighted by molar-refractivity contribution is -0.126. The van der Waals surface area contributed by atoms with Crippen LogP contribution in [0, 0.1) is 17.8 Å². The standard InChI is InChI=1S/C23H18BrNO6/c1-31-9-2-5-16(26)13(6-9)18-10-3-4-11-19(23(30)25-22(11)29)12(10)7-14-20(18)17(27)8-15(24)21(14)28/h2-3,5-6,8,11-12,18-19,26H,4,7H2,1H3,(H,25,29,30). The highest BCUT2D eigenvalue weighted by atomic mass is 79.9. The number of carbonyl (C=O) groups is 4. The zero-order valence-corrected chi connectivity index (χ0v) is 18.1. The van der Waals surface area contributed by atoms with E-state index in [0.29, 0.717) is 28.9 Å². The van der Waals surface area contributed by atoms with Gasteiger partial charge in [0.05, 0.1) is 23.4 Å². The highest BCUT2D eigenvalue weighted by Gasteiger charge is 2.53. The Balaban J connectivity index is 1.75. The highest BCUT2D eigenvalue weighted by molar-refractivity contribution is 9.12. The highest BCUT2D eigenvalue weighted by Crippen LogP contribution is 2.55. The molecule has 158 valence electrons. The molecule has 4 aliphatic rings. The minimum Gasteiger partial charge on any atom is -0.508 e. The summed E-state index contributed by atoms with van der Waals surface area (Å²) in [7, 11) is 1.50. The second-order valence-corrected chi connectivity index (χ2v) is 9.03. The van der Waals surface area contributed by atoms with Gasteiger partial charge in [-0.05, 0) is 52.9 Å². The van der Waals surface area contributed by atoms with Crippen LogP contribution in [-0.4, -0.2) is 35.6 Å². The lowest BCUT2D eigenvalue weighted by Crippen LogP contribution is -2.39. The smallest absolute Gasteiger partial charge is 0.231 e. The van der Waals surface area contributed by atoms with Gasteiger partial charge in [0.15, 0.2) is 11.6 Å². The molecule has 1 aromatic carbocycles. The van der Waals surface area contributed by atoms with Crippen LogP contribution in [0.4, 0.5) is 0 Å². The Morgan fingerprint density at radius 3 is 2.65 bits per heavy atom. The number of rotatable bonds is 2. The van der Waals surface area contributed by atoms with Crippen LogP contribution >= 0.6 is 15.9 Å². The van der Waals surface area contributed by atoms with E-state index >= 15 is 0 Å². The minimum absolute atomic E-state index is 0.0397. The van der Waals surface area contributed by atoms with Gasteiger partial charge in [0.2, 0.25) is 11.8 Å². The molecule has 4 atom stereocenters. The fourth-order valence-corrected chi connectivity index (χ4v) is 5.81. The van der Waals surface area contributed by atoms with E-state index in [4.69, 9.17) is 4.74 Å². The maximum atomic E-state index is 13.1. The third-order valence-electron chi connectivity index (χ3n) is 6.72. The number of methoxy groups -OCH3 is 1. The van der Waals surface area contributed by atoms with Crippen LogP contribution in [-0.2, 0) is 19.2 Å². The van der Waals surface area contributed by atoms with Gasteiger partial charge in [0.1, 0.15) is 11.5 Å². The fourth-order valence-electron chi connectivity index (χ4n) is 5.36. The number of allylic oxidation sites excluding steroid dienone is 6.